The van der Waals surface area contributed by atoms with Crippen LogP contribution in [0.25, 0.3) is 0 Å². The van der Waals surface area contributed by atoms with Crippen molar-refractivity contribution in [3.63, 3.8) is 0 Å². The van der Waals surface area contributed by atoms with Crippen LogP contribution in [0.4, 0.5) is 14.5 Å². The van der Waals surface area contributed by atoms with E-state index in [9.17, 15) is 23.7 Å². The van der Waals surface area contributed by atoms with Crippen LogP contribution >= 0.6 is 0 Å². The highest BCUT2D eigenvalue weighted by Crippen LogP contribution is 2.21. The third-order valence-corrected chi connectivity index (χ3v) is 2.95. The Hall–Kier alpha value is -2.09. The molecule has 0 radical (unpaired) electrons. The summed E-state index contributed by atoms with van der Waals surface area (Å²) in [6.45, 7) is 2.10. The second-order valence-electron chi connectivity index (χ2n) is 4.73. The zero-order chi connectivity index (χ0) is 16.0. The van der Waals surface area contributed by atoms with Crippen molar-refractivity contribution in [2.45, 2.75) is 19.8 Å². The molecule has 1 unspecified atom stereocenters. The van der Waals surface area contributed by atoms with Gasteiger partial charge in [0.15, 0.2) is 0 Å². The molecule has 21 heavy (non-hydrogen) atoms. The average molecular weight is 302 g/mol. The molecule has 0 saturated heterocycles. The Kier molecular flexibility index (Phi) is 6.16. The summed E-state index contributed by atoms with van der Waals surface area (Å²) in [7, 11) is 0. The smallest absolute Gasteiger partial charge is 0.305 e. The molecular weight excluding hydrogens is 286 g/mol. The molecule has 0 heterocycles. The molecule has 0 bridgehead atoms. The van der Waals surface area contributed by atoms with Crippen molar-refractivity contribution in [2.24, 2.45) is 5.92 Å². The molecule has 0 aromatic heterocycles. The standard InChI is InChI=1S/C13H16F2N2O4/c1-8(7-18)3-2-4-16-13(19)9-5-12(17(20)21)11(15)6-10(9)14/h5-6,8,18H,2-4,7H2,1H3,(H,16,19). The van der Waals surface area contributed by atoms with Gasteiger partial charge in [-0.15, -0.1) is 0 Å². The first-order valence-electron chi connectivity index (χ1n) is 6.39. The summed E-state index contributed by atoms with van der Waals surface area (Å²) in [4.78, 5) is 21.3. The predicted molar refractivity (Wildman–Crippen MR) is 70.8 cm³/mol. The molecule has 116 valence electrons. The zero-order valence-electron chi connectivity index (χ0n) is 11.4. The van der Waals surface area contributed by atoms with Gasteiger partial charge in [0, 0.05) is 25.3 Å². The van der Waals surface area contributed by atoms with Gasteiger partial charge in [0.1, 0.15) is 5.82 Å². The van der Waals surface area contributed by atoms with Crippen LogP contribution in [-0.4, -0.2) is 29.1 Å². The summed E-state index contributed by atoms with van der Waals surface area (Å²) in [6.07, 6.45) is 1.24. The summed E-state index contributed by atoms with van der Waals surface area (Å²) in [5.74, 6) is -3.23. The van der Waals surface area contributed by atoms with E-state index >= 15 is 0 Å². The maximum Gasteiger partial charge on any atom is 0.305 e. The highest BCUT2D eigenvalue weighted by Gasteiger charge is 2.22. The van der Waals surface area contributed by atoms with Crippen LogP contribution < -0.4 is 5.32 Å². The molecule has 1 rings (SSSR count). The SMILES string of the molecule is CC(CO)CCCNC(=O)c1cc([N+](=O)[O-])c(F)cc1F. The number of nitro groups is 1. The number of carbonyl (C=O) groups excluding carboxylic acids is 1. The van der Waals surface area contributed by atoms with E-state index in [-0.39, 0.29) is 19.1 Å². The molecule has 1 amide bonds. The molecule has 0 fully saturated rings. The van der Waals surface area contributed by atoms with Crippen LogP contribution in [0.5, 0.6) is 0 Å². The van der Waals surface area contributed by atoms with Gasteiger partial charge in [-0.3, -0.25) is 14.9 Å². The lowest BCUT2D eigenvalue weighted by Crippen LogP contribution is -2.26. The number of halogens is 2. The number of aliphatic hydroxyl groups excluding tert-OH is 1. The fourth-order valence-electron chi connectivity index (χ4n) is 1.69. The van der Waals surface area contributed by atoms with Gasteiger partial charge in [0.25, 0.3) is 5.91 Å². The second kappa shape index (κ2) is 7.63. The Balaban J connectivity index is 2.70. The molecule has 8 heteroatoms. The third-order valence-electron chi connectivity index (χ3n) is 2.95. The van der Waals surface area contributed by atoms with Crippen LogP contribution in [-0.2, 0) is 0 Å². The van der Waals surface area contributed by atoms with Gasteiger partial charge in [-0.1, -0.05) is 6.92 Å². The van der Waals surface area contributed by atoms with Gasteiger partial charge in [-0.05, 0) is 18.8 Å². The molecule has 0 aliphatic rings. The molecular formula is C13H16F2N2O4. The normalized spacial score (nSPS) is 12.0. The largest absolute Gasteiger partial charge is 0.396 e. The quantitative estimate of drug-likeness (QED) is 0.458. The Morgan fingerprint density at radius 2 is 2.10 bits per heavy atom. The Morgan fingerprint density at radius 3 is 2.67 bits per heavy atom. The van der Waals surface area contributed by atoms with Crippen molar-refractivity contribution >= 4 is 11.6 Å². The van der Waals surface area contributed by atoms with Crippen molar-refractivity contribution in [3.05, 3.63) is 39.4 Å². The summed E-state index contributed by atoms with van der Waals surface area (Å²) in [6, 6.07) is 0.900. The number of carbonyl (C=O) groups is 1. The highest BCUT2D eigenvalue weighted by atomic mass is 19.1. The van der Waals surface area contributed by atoms with Gasteiger partial charge in [-0.2, -0.15) is 4.39 Å². The number of nitrogens with one attached hydrogen (secondary N) is 1. The number of nitrogens with zero attached hydrogens (tertiary/aromatic N) is 1. The van der Waals surface area contributed by atoms with Crippen LogP contribution in [0.1, 0.15) is 30.1 Å². The van der Waals surface area contributed by atoms with Crippen molar-refractivity contribution in [2.75, 3.05) is 13.2 Å². The van der Waals surface area contributed by atoms with Crippen LogP contribution in [0.2, 0.25) is 0 Å². The summed E-state index contributed by atoms with van der Waals surface area (Å²) >= 11 is 0. The van der Waals surface area contributed by atoms with Crippen molar-refractivity contribution in [1.82, 2.24) is 5.32 Å². The van der Waals surface area contributed by atoms with E-state index < -0.39 is 33.7 Å². The third kappa shape index (κ3) is 4.75. The molecule has 6 nitrogen and oxygen atoms in total. The lowest BCUT2D eigenvalue weighted by atomic mass is 10.1. The van der Waals surface area contributed by atoms with E-state index in [0.717, 1.165) is 0 Å². The first-order valence-corrected chi connectivity index (χ1v) is 6.39. The predicted octanol–water partition coefficient (Wildman–Crippen LogP) is 2.01. The van der Waals surface area contributed by atoms with Gasteiger partial charge < -0.3 is 10.4 Å². The number of hydrogen-bond donors (Lipinski definition) is 2. The summed E-state index contributed by atoms with van der Waals surface area (Å²) in [5.41, 5.74) is -1.52. The number of aliphatic hydroxyl groups is 1. The molecule has 1 aromatic rings. The van der Waals surface area contributed by atoms with Crippen molar-refractivity contribution in [1.29, 1.82) is 0 Å². The number of benzene rings is 1. The van der Waals surface area contributed by atoms with Gasteiger partial charge in [0.05, 0.1) is 10.5 Å². The number of hydrogen-bond acceptors (Lipinski definition) is 4. The first-order chi connectivity index (χ1) is 9.86. The van der Waals surface area contributed by atoms with E-state index in [0.29, 0.717) is 25.0 Å². The van der Waals surface area contributed by atoms with Crippen LogP contribution in [0, 0.1) is 27.7 Å². The topological polar surface area (TPSA) is 92.5 Å². The Morgan fingerprint density at radius 1 is 1.43 bits per heavy atom. The fourth-order valence-corrected chi connectivity index (χ4v) is 1.69. The zero-order valence-corrected chi connectivity index (χ0v) is 11.4. The van der Waals surface area contributed by atoms with Crippen LogP contribution in [0.3, 0.4) is 0 Å². The lowest BCUT2D eigenvalue weighted by Gasteiger charge is -2.09. The minimum Gasteiger partial charge on any atom is -0.396 e. The first kappa shape index (κ1) is 17.0. The maximum absolute atomic E-state index is 13.5. The minimum atomic E-state index is -1.33. The van der Waals surface area contributed by atoms with E-state index in [1.54, 1.807) is 0 Å². The van der Waals surface area contributed by atoms with Crippen LogP contribution in [0.15, 0.2) is 12.1 Å². The average Bonchev–Trinajstić information content (AvgIpc) is 2.42. The monoisotopic (exact) mass is 302 g/mol. The Labute approximate surface area is 119 Å². The molecule has 0 spiro atoms. The van der Waals surface area contributed by atoms with Crippen molar-refractivity contribution < 1.29 is 23.6 Å². The summed E-state index contributed by atoms with van der Waals surface area (Å²) in [5, 5.41) is 21.8. The molecule has 0 saturated carbocycles. The molecule has 1 aromatic carbocycles. The number of amides is 1. The highest BCUT2D eigenvalue weighted by molar-refractivity contribution is 5.95. The molecule has 0 aliphatic heterocycles. The molecule has 1 atom stereocenters. The van der Waals surface area contributed by atoms with Gasteiger partial charge in [-0.25, -0.2) is 4.39 Å². The van der Waals surface area contributed by atoms with E-state index in [2.05, 4.69) is 5.32 Å². The molecule has 2 N–H and O–H groups in total. The minimum absolute atomic E-state index is 0.0345. The lowest BCUT2D eigenvalue weighted by molar-refractivity contribution is -0.387. The van der Waals surface area contributed by atoms with E-state index in [1.165, 1.54) is 0 Å². The van der Waals surface area contributed by atoms with Crippen molar-refractivity contribution in [3.8, 4) is 0 Å². The van der Waals surface area contributed by atoms with E-state index in [1.807, 2.05) is 6.92 Å². The van der Waals surface area contributed by atoms with Gasteiger partial charge >= 0.3 is 5.69 Å². The maximum atomic E-state index is 13.5. The molecule has 0 aliphatic carbocycles. The Bertz CT molecular complexity index is 537. The fraction of sp³-hybridized carbons (Fsp3) is 0.462. The second-order valence-corrected chi connectivity index (χ2v) is 4.73. The summed E-state index contributed by atoms with van der Waals surface area (Å²) < 4.78 is 26.6. The van der Waals surface area contributed by atoms with Gasteiger partial charge in [0.2, 0.25) is 5.82 Å². The number of nitro benzene ring substituents is 1. The van der Waals surface area contributed by atoms with E-state index in [4.69, 9.17) is 5.11 Å². The number of rotatable bonds is 7.